The molecule has 0 spiro atoms. The van der Waals surface area contributed by atoms with Gasteiger partial charge in [0.1, 0.15) is 6.61 Å². The Balaban J connectivity index is 3.13. The van der Waals surface area contributed by atoms with Gasteiger partial charge in [-0.2, -0.15) is 0 Å². The highest BCUT2D eigenvalue weighted by Crippen LogP contribution is 2.13. The summed E-state index contributed by atoms with van der Waals surface area (Å²) in [6, 6.07) is 0. The van der Waals surface area contributed by atoms with Crippen LogP contribution >= 0.6 is 0 Å². The summed E-state index contributed by atoms with van der Waals surface area (Å²) in [6.45, 7) is 7.97. The summed E-state index contributed by atoms with van der Waals surface area (Å²) in [4.78, 5) is 11.7. The number of hydrogen-bond donors (Lipinski definition) is 0. The Bertz CT molecular complexity index is 322. The number of carbonyl (C=O) groups is 1. The van der Waals surface area contributed by atoms with Crippen LogP contribution in [0.5, 0.6) is 0 Å². The zero-order chi connectivity index (χ0) is 21.3. The molecule has 29 heavy (non-hydrogen) atoms. The van der Waals surface area contributed by atoms with Crippen molar-refractivity contribution < 1.29 is 23.7 Å². The molecule has 5 heteroatoms. The molecule has 0 amide bonds. The molecule has 0 bridgehead atoms. The van der Waals surface area contributed by atoms with E-state index in [9.17, 15) is 4.79 Å². The number of esters is 1. The minimum absolute atomic E-state index is 0.107. The smallest absolute Gasteiger partial charge is 0.305 e. The van der Waals surface area contributed by atoms with Crippen LogP contribution in [0, 0.1) is 0 Å². The number of hydrogen-bond acceptors (Lipinski definition) is 5. The summed E-state index contributed by atoms with van der Waals surface area (Å²) in [6.07, 6.45) is 17.6. The van der Waals surface area contributed by atoms with Crippen LogP contribution in [0.15, 0.2) is 0 Å². The second-order valence-corrected chi connectivity index (χ2v) is 7.63. The monoisotopic (exact) mass is 416 g/mol. The van der Waals surface area contributed by atoms with Gasteiger partial charge in [0.25, 0.3) is 0 Å². The number of rotatable bonds is 24. The third-order valence-electron chi connectivity index (χ3n) is 4.92. The lowest BCUT2D eigenvalue weighted by atomic mass is 10.0. The van der Waals surface area contributed by atoms with Gasteiger partial charge in [-0.25, -0.2) is 0 Å². The van der Waals surface area contributed by atoms with E-state index >= 15 is 0 Å². The Kier molecular flexibility index (Phi) is 24.8. The fraction of sp³-hybridized carbons (Fsp3) is 0.958. The first-order valence-electron chi connectivity index (χ1n) is 12.2. The largest absolute Gasteiger partial charge is 0.463 e. The zero-order valence-electron chi connectivity index (χ0n) is 19.4. The third kappa shape index (κ3) is 25.3. The molecule has 0 atom stereocenters. The van der Waals surface area contributed by atoms with Crippen molar-refractivity contribution in [3.8, 4) is 0 Å². The molecule has 0 aliphatic heterocycles. The van der Waals surface area contributed by atoms with E-state index < -0.39 is 0 Å². The van der Waals surface area contributed by atoms with Crippen LogP contribution in [0.4, 0.5) is 0 Å². The van der Waals surface area contributed by atoms with Crippen molar-refractivity contribution in [3.63, 3.8) is 0 Å². The molecule has 0 saturated heterocycles. The van der Waals surface area contributed by atoms with Gasteiger partial charge in [-0.3, -0.25) is 4.79 Å². The average Bonchev–Trinajstić information content (AvgIpc) is 2.72. The summed E-state index contributed by atoms with van der Waals surface area (Å²) < 4.78 is 21.1. The first-order valence-corrected chi connectivity index (χ1v) is 12.2. The SMILES string of the molecule is CCCCCCCCCCCCCCCC(=O)OCCOCCOCCOCC. The Morgan fingerprint density at radius 3 is 1.41 bits per heavy atom. The Hall–Kier alpha value is -0.650. The van der Waals surface area contributed by atoms with Crippen LogP contribution in [0.25, 0.3) is 0 Å². The van der Waals surface area contributed by atoms with Crippen molar-refractivity contribution in [2.45, 2.75) is 104 Å². The van der Waals surface area contributed by atoms with E-state index in [-0.39, 0.29) is 5.97 Å². The topological polar surface area (TPSA) is 54.0 Å². The summed E-state index contributed by atoms with van der Waals surface area (Å²) >= 11 is 0. The minimum atomic E-state index is -0.107. The van der Waals surface area contributed by atoms with Gasteiger partial charge in [0.05, 0.1) is 33.0 Å². The molecule has 0 heterocycles. The maximum absolute atomic E-state index is 11.7. The molecule has 0 aliphatic rings. The second kappa shape index (κ2) is 25.4. The first-order chi connectivity index (χ1) is 14.3. The molecule has 0 fully saturated rings. The van der Waals surface area contributed by atoms with Gasteiger partial charge in [-0.05, 0) is 13.3 Å². The van der Waals surface area contributed by atoms with Crippen LogP contribution in [-0.4, -0.2) is 52.2 Å². The maximum Gasteiger partial charge on any atom is 0.305 e. The van der Waals surface area contributed by atoms with E-state index in [1.807, 2.05) is 6.92 Å². The molecule has 5 nitrogen and oxygen atoms in total. The Morgan fingerprint density at radius 1 is 0.517 bits per heavy atom. The maximum atomic E-state index is 11.7. The van der Waals surface area contributed by atoms with Gasteiger partial charge in [0.15, 0.2) is 0 Å². The van der Waals surface area contributed by atoms with Gasteiger partial charge in [-0.15, -0.1) is 0 Å². The molecule has 0 N–H and O–H groups in total. The van der Waals surface area contributed by atoms with Crippen LogP contribution in [-0.2, 0) is 23.7 Å². The first kappa shape index (κ1) is 28.4. The van der Waals surface area contributed by atoms with E-state index in [4.69, 9.17) is 18.9 Å². The van der Waals surface area contributed by atoms with Crippen molar-refractivity contribution in [3.05, 3.63) is 0 Å². The Morgan fingerprint density at radius 2 is 0.931 bits per heavy atom. The van der Waals surface area contributed by atoms with Crippen LogP contribution in [0.3, 0.4) is 0 Å². The van der Waals surface area contributed by atoms with Crippen molar-refractivity contribution in [1.29, 1.82) is 0 Å². The normalized spacial score (nSPS) is 11.1. The molecule has 0 aromatic rings. The summed E-state index contributed by atoms with van der Waals surface area (Å²) in [5.41, 5.74) is 0. The van der Waals surface area contributed by atoms with E-state index in [0.717, 1.165) is 12.8 Å². The fourth-order valence-corrected chi connectivity index (χ4v) is 3.16. The predicted molar refractivity (Wildman–Crippen MR) is 119 cm³/mol. The van der Waals surface area contributed by atoms with Crippen molar-refractivity contribution >= 4 is 5.97 Å². The van der Waals surface area contributed by atoms with Gasteiger partial charge < -0.3 is 18.9 Å². The fourth-order valence-electron chi connectivity index (χ4n) is 3.16. The number of carbonyl (C=O) groups excluding carboxylic acids is 1. The highest BCUT2D eigenvalue weighted by Gasteiger charge is 2.02. The van der Waals surface area contributed by atoms with Gasteiger partial charge in [-0.1, -0.05) is 84.0 Å². The van der Waals surface area contributed by atoms with E-state index in [2.05, 4.69) is 6.92 Å². The summed E-state index contributed by atoms with van der Waals surface area (Å²) in [5.74, 6) is -0.107. The molecule has 0 aromatic carbocycles. The molecule has 0 unspecified atom stereocenters. The highest BCUT2D eigenvalue weighted by molar-refractivity contribution is 5.69. The van der Waals surface area contributed by atoms with Crippen LogP contribution in [0.2, 0.25) is 0 Å². The predicted octanol–water partition coefficient (Wildman–Crippen LogP) is 6.08. The van der Waals surface area contributed by atoms with Gasteiger partial charge >= 0.3 is 5.97 Å². The van der Waals surface area contributed by atoms with Crippen molar-refractivity contribution in [2.75, 3.05) is 46.2 Å². The molecular formula is C24H48O5. The standard InChI is InChI=1S/C24H48O5/c1-3-5-6-7-8-9-10-11-12-13-14-15-16-17-24(25)29-23-22-28-21-20-27-19-18-26-4-2/h3-23H2,1-2H3. The second-order valence-electron chi connectivity index (χ2n) is 7.63. The summed E-state index contributed by atoms with van der Waals surface area (Å²) in [7, 11) is 0. The molecule has 0 rings (SSSR count). The molecule has 0 saturated carbocycles. The minimum Gasteiger partial charge on any atom is -0.463 e. The average molecular weight is 417 g/mol. The molecule has 0 aromatic heterocycles. The van der Waals surface area contributed by atoms with E-state index in [0.29, 0.717) is 52.7 Å². The number of unbranched alkanes of at least 4 members (excludes halogenated alkanes) is 12. The number of ether oxygens (including phenoxy) is 4. The van der Waals surface area contributed by atoms with E-state index in [1.54, 1.807) is 0 Å². The molecule has 0 radical (unpaired) electrons. The lowest BCUT2D eigenvalue weighted by Crippen LogP contribution is -2.13. The molecular weight excluding hydrogens is 368 g/mol. The van der Waals surface area contributed by atoms with Gasteiger partial charge in [0.2, 0.25) is 0 Å². The van der Waals surface area contributed by atoms with Crippen molar-refractivity contribution in [1.82, 2.24) is 0 Å². The van der Waals surface area contributed by atoms with Crippen LogP contribution in [0.1, 0.15) is 104 Å². The highest BCUT2D eigenvalue weighted by atomic mass is 16.6. The molecule has 0 aliphatic carbocycles. The Labute approximate surface area is 180 Å². The van der Waals surface area contributed by atoms with Crippen LogP contribution < -0.4 is 0 Å². The summed E-state index contributed by atoms with van der Waals surface area (Å²) in [5, 5.41) is 0. The third-order valence-corrected chi connectivity index (χ3v) is 4.92. The van der Waals surface area contributed by atoms with E-state index in [1.165, 1.54) is 70.6 Å². The quantitative estimate of drug-likeness (QED) is 0.141. The van der Waals surface area contributed by atoms with Gasteiger partial charge in [0, 0.05) is 13.0 Å². The lowest BCUT2D eigenvalue weighted by Gasteiger charge is -2.07. The van der Waals surface area contributed by atoms with Crippen molar-refractivity contribution in [2.24, 2.45) is 0 Å². The zero-order valence-corrected chi connectivity index (χ0v) is 19.4. The lowest BCUT2D eigenvalue weighted by molar-refractivity contribution is -0.145. The molecule has 174 valence electrons.